The van der Waals surface area contributed by atoms with E-state index in [0.717, 1.165) is 15.7 Å². The third-order valence-corrected chi connectivity index (χ3v) is 2.04. The van der Waals surface area contributed by atoms with Crippen molar-refractivity contribution in [2.75, 3.05) is 5.32 Å². The molecule has 12 heavy (non-hydrogen) atoms. The number of anilines is 1. The van der Waals surface area contributed by atoms with Crippen LogP contribution in [0.1, 0.15) is 5.56 Å². The molecule has 0 spiro atoms. The van der Waals surface area contributed by atoms with Crippen molar-refractivity contribution in [1.82, 2.24) is 0 Å². The molecule has 3 N–H and O–H groups in total. The minimum atomic E-state index is 0.292. The van der Waals surface area contributed by atoms with Crippen molar-refractivity contribution >= 4 is 38.9 Å². The lowest BCUT2D eigenvalue weighted by Crippen LogP contribution is -2.19. The van der Waals surface area contributed by atoms with Gasteiger partial charge in [-0.1, -0.05) is 15.9 Å². The Bertz CT molecular complexity index is 312. The molecule has 0 aliphatic heterocycles. The molecule has 0 heterocycles. The predicted molar refractivity (Wildman–Crippen MR) is 59.3 cm³/mol. The molecule has 0 saturated heterocycles. The van der Waals surface area contributed by atoms with Crippen LogP contribution >= 0.6 is 28.1 Å². The van der Waals surface area contributed by atoms with E-state index in [1.54, 1.807) is 0 Å². The zero-order valence-electron chi connectivity index (χ0n) is 6.60. The first-order valence-electron chi connectivity index (χ1n) is 3.42. The normalized spacial score (nSPS) is 9.50. The maximum Gasteiger partial charge on any atom is 0.168 e. The standard InChI is InChI=1S/C8H9BrN2S/c1-5-4-6(9)2-3-7(5)11-8(10)12/h2-4H,1H3,(H3,10,11,12). The number of hydrogen-bond acceptors (Lipinski definition) is 1. The van der Waals surface area contributed by atoms with Crippen LogP contribution in [-0.2, 0) is 0 Å². The van der Waals surface area contributed by atoms with Crippen LogP contribution in [0.15, 0.2) is 22.7 Å². The van der Waals surface area contributed by atoms with Gasteiger partial charge in [0.05, 0.1) is 0 Å². The molecular weight excluding hydrogens is 236 g/mol. The van der Waals surface area contributed by atoms with Gasteiger partial charge in [-0.2, -0.15) is 0 Å². The molecule has 0 radical (unpaired) electrons. The minimum absolute atomic E-state index is 0.292. The molecule has 0 bridgehead atoms. The summed E-state index contributed by atoms with van der Waals surface area (Å²) in [6, 6.07) is 5.87. The highest BCUT2D eigenvalue weighted by Gasteiger charge is 1.98. The summed E-state index contributed by atoms with van der Waals surface area (Å²) in [4.78, 5) is 0. The van der Waals surface area contributed by atoms with E-state index < -0.39 is 0 Å². The van der Waals surface area contributed by atoms with Gasteiger partial charge in [-0.05, 0) is 42.9 Å². The molecule has 0 amide bonds. The number of hydrogen-bond donors (Lipinski definition) is 2. The van der Waals surface area contributed by atoms with Gasteiger partial charge in [0.2, 0.25) is 0 Å². The van der Waals surface area contributed by atoms with E-state index in [-0.39, 0.29) is 0 Å². The van der Waals surface area contributed by atoms with E-state index in [9.17, 15) is 0 Å². The van der Waals surface area contributed by atoms with Gasteiger partial charge < -0.3 is 11.1 Å². The van der Waals surface area contributed by atoms with Crippen LogP contribution in [0.4, 0.5) is 5.69 Å². The summed E-state index contributed by atoms with van der Waals surface area (Å²) in [6.07, 6.45) is 0. The van der Waals surface area contributed by atoms with Crippen LogP contribution in [-0.4, -0.2) is 5.11 Å². The van der Waals surface area contributed by atoms with Crippen LogP contribution in [0.5, 0.6) is 0 Å². The summed E-state index contributed by atoms with van der Waals surface area (Å²) in [7, 11) is 0. The zero-order valence-corrected chi connectivity index (χ0v) is 9.00. The first-order chi connectivity index (χ1) is 5.59. The molecule has 0 aliphatic carbocycles. The molecule has 4 heteroatoms. The molecule has 0 aromatic heterocycles. The minimum Gasteiger partial charge on any atom is -0.376 e. The smallest absolute Gasteiger partial charge is 0.168 e. The van der Waals surface area contributed by atoms with Gasteiger partial charge in [-0.3, -0.25) is 0 Å². The van der Waals surface area contributed by atoms with Gasteiger partial charge in [0, 0.05) is 10.2 Å². The van der Waals surface area contributed by atoms with Crippen LogP contribution in [0.2, 0.25) is 0 Å². The summed E-state index contributed by atoms with van der Waals surface area (Å²) in [5.41, 5.74) is 7.40. The van der Waals surface area contributed by atoms with Crippen LogP contribution in [0, 0.1) is 6.92 Å². The summed E-state index contributed by atoms with van der Waals surface area (Å²) in [6.45, 7) is 1.99. The lowest BCUT2D eigenvalue weighted by atomic mass is 10.2. The van der Waals surface area contributed by atoms with E-state index >= 15 is 0 Å². The Labute approximate surface area is 85.3 Å². The molecule has 0 fully saturated rings. The lowest BCUT2D eigenvalue weighted by molar-refractivity contribution is 1.43. The Morgan fingerprint density at radius 2 is 2.25 bits per heavy atom. The maximum absolute atomic E-state index is 5.34. The van der Waals surface area contributed by atoms with Gasteiger partial charge >= 0.3 is 0 Å². The summed E-state index contributed by atoms with van der Waals surface area (Å²) >= 11 is 8.10. The van der Waals surface area contributed by atoms with Gasteiger partial charge in [0.1, 0.15) is 0 Å². The Morgan fingerprint density at radius 3 is 2.75 bits per heavy atom. The topological polar surface area (TPSA) is 38.0 Å². The monoisotopic (exact) mass is 244 g/mol. The fourth-order valence-corrected chi connectivity index (χ4v) is 1.49. The van der Waals surface area contributed by atoms with E-state index in [1.807, 2.05) is 25.1 Å². The van der Waals surface area contributed by atoms with E-state index in [1.165, 1.54) is 0 Å². The number of aryl methyl sites for hydroxylation is 1. The van der Waals surface area contributed by atoms with Crippen molar-refractivity contribution < 1.29 is 0 Å². The van der Waals surface area contributed by atoms with Gasteiger partial charge in [0.15, 0.2) is 5.11 Å². The van der Waals surface area contributed by atoms with Crippen molar-refractivity contribution in [3.8, 4) is 0 Å². The molecule has 0 aliphatic rings. The van der Waals surface area contributed by atoms with Gasteiger partial charge in [-0.15, -0.1) is 0 Å². The number of rotatable bonds is 1. The summed E-state index contributed by atoms with van der Waals surface area (Å²) < 4.78 is 1.05. The number of nitrogens with one attached hydrogen (secondary N) is 1. The molecular formula is C8H9BrN2S. The van der Waals surface area contributed by atoms with Crippen molar-refractivity contribution in [1.29, 1.82) is 0 Å². The summed E-state index contributed by atoms with van der Waals surface area (Å²) in [5.74, 6) is 0. The van der Waals surface area contributed by atoms with Crippen molar-refractivity contribution in [3.63, 3.8) is 0 Å². The SMILES string of the molecule is Cc1cc(Br)ccc1NC(N)=S. The molecule has 1 rings (SSSR count). The van der Waals surface area contributed by atoms with Crippen LogP contribution in [0.25, 0.3) is 0 Å². The number of halogens is 1. The quantitative estimate of drug-likeness (QED) is 0.746. The molecule has 64 valence electrons. The zero-order chi connectivity index (χ0) is 9.14. The van der Waals surface area contributed by atoms with Crippen LogP contribution in [0.3, 0.4) is 0 Å². The number of nitrogens with two attached hydrogens (primary N) is 1. The summed E-state index contributed by atoms with van der Waals surface area (Å²) in [5, 5.41) is 3.18. The van der Waals surface area contributed by atoms with Gasteiger partial charge in [-0.25, -0.2) is 0 Å². The predicted octanol–water partition coefficient (Wildman–Crippen LogP) is 2.41. The van der Waals surface area contributed by atoms with E-state index in [2.05, 4.69) is 21.2 Å². The molecule has 1 aromatic carbocycles. The lowest BCUT2D eigenvalue weighted by Gasteiger charge is -2.06. The largest absolute Gasteiger partial charge is 0.376 e. The number of benzene rings is 1. The first kappa shape index (κ1) is 9.48. The Balaban J connectivity index is 2.93. The van der Waals surface area contributed by atoms with Crippen molar-refractivity contribution in [2.45, 2.75) is 6.92 Å². The Kier molecular flexibility index (Phi) is 3.05. The second kappa shape index (κ2) is 3.87. The number of thiocarbonyl (C=S) groups is 1. The second-order valence-corrected chi connectivity index (χ2v) is 3.80. The average molecular weight is 245 g/mol. The maximum atomic E-state index is 5.34. The van der Waals surface area contributed by atoms with Crippen molar-refractivity contribution in [2.24, 2.45) is 5.73 Å². The van der Waals surface area contributed by atoms with Gasteiger partial charge in [0.25, 0.3) is 0 Å². The molecule has 0 unspecified atom stereocenters. The molecule has 0 saturated carbocycles. The Hall–Kier alpha value is -0.610. The third kappa shape index (κ3) is 2.46. The Morgan fingerprint density at radius 1 is 1.58 bits per heavy atom. The molecule has 2 nitrogen and oxygen atoms in total. The van der Waals surface area contributed by atoms with E-state index in [0.29, 0.717) is 5.11 Å². The highest BCUT2D eigenvalue weighted by atomic mass is 79.9. The third-order valence-electron chi connectivity index (χ3n) is 1.45. The molecule has 1 aromatic rings. The van der Waals surface area contributed by atoms with E-state index in [4.69, 9.17) is 18.0 Å². The van der Waals surface area contributed by atoms with Crippen LogP contribution < -0.4 is 11.1 Å². The average Bonchev–Trinajstić information content (AvgIpc) is 1.94. The molecule has 0 atom stereocenters. The second-order valence-electron chi connectivity index (χ2n) is 2.45. The first-order valence-corrected chi connectivity index (χ1v) is 4.62. The fraction of sp³-hybridized carbons (Fsp3) is 0.125. The van der Waals surface area contributed by atoms with Crippen molar-refractivity contribution in [3.05, 3.63) is 28.2 Å². The highest BCUT2D eigenvalue weighted by Crippen LogP contribution is 2.19. The fourth-order valence-electron chi connectivity index (χ4n) is 0.900. The highest BCUT2D eigenvalue weighted by molar-refractivity contribution is 9.10.